The number of nitrogens with zero attached hydrogens (tertiary/aromatic N) is 1. The van der Waals surface area contributed by atoms with Crippen molar-refractivity contribution in [1.82, 2.24) is 9.62 Å². The van der Waals surface area contributed by atoms with Crippen molar-refractivity contribution in [3.05, 3.63) is 29.3 Å². The number of hydrogen-bond acceptors (Lipinski definition) is 5. The van der Waals surface area contributed by atoms with Gasteiger partial charge in [-0.25, -0.2) is 8.42 Å². The second-order valence-electron chi connectivity index (χ2n) is 6.86. The average Bonchev–Trinajstić information content (AvgIpc) is 2.59. The first-order chi connectivity index (χ1) is 11.6. The van der Waals surface area contributed by atoms with E-state index in [9.17, 15) is 13.2 Å². The van der Waals surface area contributed by atoms with E-state index in [-0.39, 0.29) is 23.2 Å². The van der Waals surface area contributed by atoms with Crippen LogP contribution in [0.5, 0.6) is 0 Å². The molecular formula is C17H28ClN3O4S. The molecule has 1 aromatic rings. The van der Waals surface area contributed by atoms with Crippen LogP contribution in [-0.2, 0) is 21.2 Å². The molecule has 1 fully saturated rings. The first-order valence-corrected chi connectivity index (χ1v) is 9.87. The lowest BCUT2D eigenvalue weighted by molar-refractivity contribution is 0.0730. The molecule has 0 radical (unpaired) electrons. The van der Waals surface area contributed by atoms with Gasteiger partial charge in [-0.1, -0.05) is 13.0 Å². The molecule has 0 aromatic heterocycles. The van der Waals surface area contributed by atoms with E-state index in [1.807, 2.05) is 20.8 Å². The number of ether oxygens (including phenoxy) is 1. The maximum atomic E-state index is 13.0. The maximum Gasteiger partial charge on any atom is 0.251 e. The highest BCUT2D eigenvalue weighted by molar-refractivity contribution is 7.89. The summed E-state index contributed by atoms with van der Waals surface area (Å²) < 4.78 is 32.6. The molecule has 1 aliphatic rings. The van der Waals surface area contributed by atoms with Crippen LogP contribution >= 0.6 is 12.4 Å². The SMILES string of the molecule is CCc1ccc(C(=O)NCC(C)(C)N)cc1S(=O)(=O)N1CCOCC1.Cl. The van der Waals surface area contributed by atoms with Crippen LogP contribution < -0.4 is 11.1 Å². The Morgan fingerprint density at radius 1 is 1.31 bits per heavy atom. The molecule has 1 aliphatic heterocycles. The zero-order valence-electron chi connectivity index (χ0n) is 15.4. The van der Waals surface area contributed by atoms with Crippen molar-refractivity contribution >= 4 is 28.3 Å². The first kappa shape index (κ1) is 22.9. The lowest BCUT2D eigenvalue weighted by atomic mass is 10.1. The fourth-order valence-corrected chi connectivity index (χ4v) is 4.29. The molecular weight excluding hydrogens is 378 g/mol. The van der Waals surface area contributed by atoms with Gasteiger partial charge in [0.25, 0.3) is 5.91 Å². The van der Waals surface area contributed by atoms with Gasteiger partial charge in [-0.05, 0) is 38.0 Å². The van der Waals surface area contributed by atoms with Gasteiger partial charge >= 0.3 is 0 Å². The number of sulfonamides is 1. The van der Waals surface area contributed by atoms with Crippen LogP contribution in [0.25, 0.3) is 0 Å². The van der Waals surface area contributed by atoms with Crippen molar-refractivity contribution in [3.63, 3.8) is 0 Å². The van der Waals surface area contributed by atoms with E-state index in [1.165, 1.54) is 10.4 Å². The van der Waals surface area contributed by atoms with Crippen LogP contribution in [0, 0.1) is 0 Å². The number of halogens is 1. The van der Waals surface area contributed by atoms with E-state index in [0.29, 0.717) is 50.4 Å². The zero-order chi connectivity index (χ0) is 18.7. The molecule has 9 heteroatoms. The van der Waals surface area contributed by atoms with E-state index in [4.69, 9.17) is 10.5 Å². The molecule has 1 aromatic carbocycles. The maximum absolute atomic E-state index is 13.0. The topological polar surface area (TPSA) is 102 Å². The molecule has 0 spiro atoms. The standard InChI is InChI=1S/C17H27N3O4S.ClH/c1-4-13-5-6-14(16(21)19-12-17(2,3)18)11-15(13)25(22,23)20-7-9-24-10-8-20;/h5-6,11H,4,7-10,12,18H2,1-3H3,(H,19,21);1H. The quantitative estimate of drug-likeness (QED) is 0.739. The number of carbonyl (C=O) groups excluding carboxylic acids is 1. The van der Waals surface area contributed by atoms with Gasteiger partial charge in [-0.2, -0.15) is 4.31 Å². The number of carbonyl (C=O) groups is 1. The molecule has 0 aliphatic carbocycles. The Bertz CT molecular complexity index is 726. The molecule has 0 bridgehead atoms. The van der Waals surface area contributed by atoms with Crippen LogP contribution in [0.4, 0.5) is 0 Å². The fraction of sp³-hybridized carbons (Fsp3) is 0.588. The Balaban J connectivity index is 0.00000338. The summed E-state index contributed by atoms with van der Waals surface area (Å²) in [6.45, 7) is 7.21. The normalized spacial score (nSPS) is 16.0. The number of aryl methyl sites for hydroxylation is 1. The number of morpholine rings is 1. The highest BCUT2D eigenvalue weighted by Gasteiger charge is 2.29. The van der Waals surface area contributed by atoms with Gasteiger partial charge in [0.2, 0.25) is 10.0 Å². The third-order valence-corrected chi connectivity index (χ3v) is 5.98. The molecule has 3 N–H and O–H groups in total. The highest BCUT2D eigenvalue weighted by Crippen LogP contribution is 2.23. The number of benzene rings is 1. The van der Waals surface area contributed by atoms with Crippen molar-refractivity contribution < 1.29 is 17.9 Å². The Morgan fingerprint density at radius 2 is 1.92 bits per heavy atom. The molecule has 148 valence electrons. The largest absolute Gasteiger partial charge is 0.379 e. The summed E-state index contributed by atoms with van der Waals surface area (Å²) in [5.74, 6) is -0.334. The second-order valence-corrected chi connectivity index (χ2v) is 8.77. The molecule has 2 rings (SSSR count). The van der Waals surface area contributed by atoms with Crippen molar-refractivity contribution in [2.75, 3.05) is 32.8 Å². The van der Waals surface area contributed by atoms with E-state index in [2.05, 4.69) is 5.32 Å². The molecule has 7 nitrogen and oxygen atoms in total. The van der Waals surface area contributed by atoms with E-state index in [0.717, 1.165) is 0 Å². The van der Waals surface area contributed by atoms with Gasteiger partial charge in [0.1, 0.15) is 0 Å². The van der Waals surface area contributed by atoms with Crippen molar-refractivity contribution in [1.29, 1.82) is 0 Å². The van der Waals surface area contributed by atoms with Crippen LogP contribution in [0.1, 0.15) is 36.7 Å². The van der Waals surface area contributed by atoms with E-state index in [1.54, 1.807) is 12.1 Å². The summed E-state index contributed by atoms with van der Waals surface area (Å²) in [4.78, 5) is 12.5. The molecule has 0 unspecified atom stereocenters. The third kappa shape index (κ3) is 5.65. The lowest BCUT2D eigenvalue weighted by Crippen LogP contribution is -2.45. The minimum atomic E-state index is -3.66. The summed E-state index contributed by atoms with van der Waals surface area (Å²) >= 11 is 0. The number of nitrogens with two attached hydrogens (primary N) is 1. The molecule has 0 atom stereocenters. The Kier molecular flexibility index (Phi) is 8.04. The third-order valence-electron chi connectivity index (χ3n) is 4.00. The highest BCUT2D eigenvalue weighted by atomic mass is 35.5. The van der Waals surface area contributed by atoms with E-state index >= 15 is 0 Å². The molecule has 0 saturated carbocycles. The van der Waals surface area contributed by atoms with Gasteiger partial charge in [-0.3, -0.25) is 4.79 Å². The fourth-order valence-electron chi connectivity index (χ4n) is 2.56. The molecule has 26 heavy (non-hydrogen) atoms. The lowest BCUT2D eigenvalue weighted by Gasteiger charge is -2.27. The number of rotatable bonds is 6. The van der Waals surface area contributed by atoms with E-state index < -0.39 is 15.6 Å². The van der Waals surface area contributed by atoms with Gasteiger partial charge in [0.15, 0.2) is 0 Å². The van der Waals surface area contributed by atoms with Gasteiger partial charge in [0, 0.05) is 30.7 Å². The summed E-state index contributed by atoms with van der Waals surface area (Å²) in [5, 5.41) is 2.74. The Labute approximate surface area is 161 Å². The second kappa shape index (κ2) is 9.14. The Morgan fingerprint density at radius 3 is 2.46 bits per heavy atom. The van der Waals surface area contributed by atoms with Gasteiger partial charge in [0.05, 0.1) is 18.1 Å². The predicted octanol–water partition coefficient (Wildman–Crippen LogP) is 1.16. The van der Waals surface area contributed by atoms with Crippen LogP contribution in [-0.4, -0.2) is 57.0 Å². The zero-order valence-corrected chi connectivity index (χ0v) is 17.1. The number of amides is 1. The predicted molar refractivity (Wildman–Crippen MR) is 103 cm³/mol. The van der Waals surface area contributed by atoms with Gasteiger partial charge in [-0.15, -0.1) is 12.4 Å². The number of hydrogen-bond donors (Lipinski definition) is 2. The van der Waals surface area contributed by atoms with Gasteiger partial charge < -0.3 is 15.8 Å². The van der Waals surface area contributed by atoms with Crippen LogP contribution in [0.3, 0.4) is 0 Å². The smallest absolute Gasteiger partial charge is 0.251 e. The van der Waals surface area contributed by atoms with Crippen molar-refractivity contribution in [2.24, 2.45) is 5.73 Å². The molecule has 1 saturated heterocycles. The summed E-state index contributed by atoms with van der Waals surface area (Å²) in [7, 11) is -3.66. The first-order valence-electron chi connectivity index (χ1n) is 8.43. The summed E-state index contributed by atoms with van der Waals surface area (Å²) in [5.41, 5.74) is 6.34. The van der Waals surface area contributed by atoms with Crippen molar-refractivity contribution in [2.45, 2.75) is 37.6 Å². The summed E-state index contributed by atoms with van der Waals surface area (Å²) in [6.07, 6.45) is 0.566. The monoisotopic (exact) mass is 405 g/mol. The van der Waals surface area contributed by atoms with Crippen molar-refractivity contribution in [3.8, 4) is 0 Å². The average molecular weight is 406 g/mol. The van der Waals surface area contributed by atoms with Crippen LogP contribution in [0.2, 0.25) is 0 Å². The summed E-state index contributed by atoms with van der Waals surface area (Å²) in [6, 6.07) is 4.81. The minimum absolute atomic E-state index is 0. The molecule has 1 heterocycles. The van der Waals surface area contributed by atoms with Crippen LogP contribution in [0.15, 0.2) is 23.1 Å². The number of nitrogens with one attached hydrogen (secondary N) is 1. The minimum Gasteiger partial charge on any atom is -0.379 e. The molecule has 1 amide bonds. The Hall–Kier alpha value is -1.19.